The number of aromatic amines is 1. The molecule has 2 unspecified atom stereocenters. The van der Waals surface area contributed by atoms with Crippen LogP contribution in [-0.4, -0.2) is 38.2 Å². The zero-order valence-electron chi connectivity index (χ0n) is 18.5. The van der Waals surface area contributed by atoms with Gasteiger partial charge in [-0.3, -0.25) is 0 Å². The predicted octanol–water partition coefficient (Wildman–Crippen LogP) is 4.02. The fourth-order valence-corrected chi connectivity index (χ4v) is 5.87. The van der Waals surface area contributed by atoms with Crippen LogP contribution in [0.15, 0.2) is 24.4 Å². The quantitative estimate of drug-likeness (QED) is 0.711. The van der Waals surface area contributed by atoms with Crippen molar-refractivity contribution in [1.82, 2.24) is 0 Å². The fourth-order valence-electron chi connectivity index (χ4n) is 5.87. The molecule has 1 aliphatic heterocycles. The molecule has 160 valence electrons. The number of fused-ring (bicyclic) bond motifs is 3. The van der Waals surface area contributed by atoms with Crippen LogP contribution in [0.1, 0.15) is 67.7 Å². The number of hydrogen-bond donors (Lipinski definition) is 0. The van der Waals surface area contributed by atoms with Gasteiger partial charge in [0, 0.05) is 18.7 Å². The number of methoxy groups -OCH3 is 1. The molecular weight excluding hydrogens is 380 g/mol. The van der Waals surface area contributed by atoms with Crippen LogP contribution in [0.5, 0.6) is 0 Å². The summed E-state index contributed by atoms with van der Waals surface area (Å²) >= 11 is 0. The second-order valence-electron chi connectivity index (χ2n) is 9.86. The Kier molecular flexibility index (Phi) is 4.99. The molecule has 2 aromatic rings. The molecule has 1 aromatic carbocycles. The molecule has 1 aromatic heterocycles. The number of nitrogens with one attached hydrogen (secondary N) is 1. The van der Waals surface area contributed by atoms with Crippen LogP contribution in [0.4, 0.5) is 5.69 Å². The highest BCUT2D eigenvalue weighted by Gasteiger charge is 2.50. The lowest BCUT2D eigenvalue weighted by molar-refractivity contribution is -0.344. The first-order chi connectivity index (χ1) is 14.2. The third kappa shape index (κ3) is 3.53. The van der Waals surface area contributed by atoms with Crippen LogP contribution in [0.2, 0.25) is 0 Å². The summed E-state index contributed by atoms with van der Waals surface area (Å²) in [4.78, 5) is 30.7. The third-order valence-electron chi connectivity index (χ3n) is 6.52. The van der Waals surface area contributed by atoms with Crippen molar-refractivity contribution in [2.45, 2.75) is 53.0 Å². The van der Waals surface area contributed by atoms with E-state index in [0.717, 1.165) is 42.4 Å². The summed E-state index contributed by atoms with van der Waals surface area (Å²) in [7, 11) is 1.38. The maximum Gasteiger partial charge on any atom is 0.346 e. The van der Waals surface area contributed by atoms with Crippen molar-refractivity contribution < 1.29 is 24.0 Å². The van der Waals surface area contributed by atoms with Gasteiger partial charge in [-0.15, -0.1) is 0 Å². The summed E-state index contributed by atoms with van der Waals surface area (Å²) in [6.45, 7) is 10.0. The predicted molar refractivity (Wildman–Crippen MR) is 115 cm³/mol. The molecule has 1 aliphatic carbocycles. The van der Waals surface area contributed by atoms with Gasteiger partial charge >= 0.3 is 11.9 Å². The number of pyridine rings is 1. The van der Waals surface area contributed by atoms with Crippen molar-refractivity contribution in [3.8, 4) is 0 Å². The van der Waals surface area contributed by atoms with Crippen molar-refractivity contribution in [2.75, 3.05) is 25.2 Å². The van der Waals surface area contributed by atoms with Crippen molar-refractivity contribution in [3.05, 3.63) is 35.5 Å². The number of carbonyl (C=O) groups is 2. The molecule has 6 heteroatoms. The summed E-state index contributed by atoms with van der Waals surface area (Å²) < 4.78 is 10.3. The van der Waals surface area contributed by atoms with Crippen LogP contribution >= 0.6 is 0 Å². The molecule has 1 saturated heterocycles. The van der Waals surface area contributed by atoms with E-state index >= 15 is 0 Å². The van der Waals surface area contributed by atoms with Gasteiger partial charge in [0.05, 0.1) is 30.4 Å². The van der Waals surface area contributed by atoms with Gasteiger partial charge in [0.25, 0.3) is 0 Å². The van der Waals surface area contributed by atoms with E-state index < -0.39 is 5.97 Å². The Balaban J connectivity index is 1.92. The Bertz CT molecular complexity index is 1020. The number of H-pyrrole nitrogens is 1. The molecule has 2 bridgehead atoms. The zero-order chi connectivity index (χ0) is 21.7. The van der Waals surface area contributed by atoms with Crippen molar-refractivity contribution in [1.29, 1.82) is 0 Å². The van der Waals surface area contributed by atoms with Crippen molar-refractivity contribution >= 4 is 28.5 Å². The number of hydrogen-bond acceptors (Lipinski definition) is 5. The number of anilines is 1. The van der Waals surface area contributed by atoms with E-state index in [-0.39, 0.29) is 16.8 Å². The Hall–Kier alpha value is -2.63. The first kappa shape index (κ1) is 20.6. The molecular formula is C24H31N2O4+. The number of esters is 2. The second kappa shape index (κ2) is 7.25. The maximum atomic E-state index is 12.9. The molecule has 2 heterocycles. The highest BCUT2D eigenvalue weighted by molar-refractivity contribution is 6.06. The van der Waals surface area contributed by atoms with E-state index in [0.29, 0.717) is 23.8 Å². The molecule has 0 spiro atoms. The minimum absolute atomic E-state index is 0.199. The summed E-state index contributed by atoms with van der Waals surface area (Å²) in [5, 5.41) is 0.845. The number of nitrogens with zero attached hydrogens (tertiary/aromatic N) is 1. The molecule has 2 atom stereocenters. The van der Waals surface area contributed by atoms with Crippen LogP contribution in [-0.2, 0) is 9.47 Å². The Morgan fingerprint density at radius 3 is 2.67 bits per heavy atom. The summed E-state index contributed by atoms with van der Waals surface area (Å²) in [5.41, 5.74) is 3.17. The summed E-state index contributed by atoms with van der Waals surface area (Å²) in [6.07, 6.45) is 5.08. The van der Waals surface area contributed by atoms with E-state index in [1.165, 1.54) is 7.11 Å². The minimum atomic E-state index is -0.391. The van der Waals surface area contributed by atoms with E-state index in [2.05, 4.69) is 30.7 Å². The maximum absolute atomic E-state index is 12.9. The molecule has 6 nitrogen and oxygen atoms in total. The Morgan fingerprint density at radius 2 is 1.97 bits per heavy atom. The zero-order valence-corrected chi connectivity index (χ0v) is 18.5. The molecule has 2 aliphatic rings. The van der Waals surface area contributed by atoms with Crippen LogP contribution < -0.4 is 9.88 Å². The first-order valence-corrected chi connectivity index (χ1v) is 10.7. The lowest BCUT2D eigenvalue weighted by Crippen LogP contribution is -2.35. The van der Waals surface area contributed by atoms with Gasteiger partial charge in [-0.1, -0.05) is 20.8 Å². The SMILES string of the molecule is CCOC(=O)c1c[nH+]c2ccc(C(=O)OC)cc2c1N1CC2(C)CC1CC(C)(C)C2. The van der Waals surface area contributed by atoms with Gasteiger partial charge in [0.2, 0.25) is 5.52 Å². The first-order valence-electron chi connectivity index (χ1n) is 10.7. The minimum Gasteiger partial charge on any atom is -0.465 e. The smallest absolute Gasteiger partial charge is 0.346 e. The third-order valence-corrected chi connectivity index (χ3v) is 6.52. The molecule has 4 rings (SSSR count). The van der Waals surface area contributed by atoms with E-state index in [9.17, 15) is 9.59 Å². The lowest BCUT2D eigenvalue weighted by atomic mass is 9.65. The monoisotopic (exact) mass is 411 g/mol. The van der Waals surface area contributed by atoms with Gasteiger partial charge in [0.1, 0.15) is 5.56 Å². The van der Waals surface area contributed by atoms with E-state index in [1.54, 1.807) is 12.3 Å². The normalized spacial score (nSPS) is 24.7. The summed E-state index contributed by atoms with van der Waals surface area (Å²) in [5.74, 6) is -0.738. The fraction of sp³-hybridized carbons (Fsp3) is 0.542. The second-order valence-corrected chi connectivity index (χ2v) is 9.86. The standard InChI is InChI=1S/C24H30N2O4/c1-6-30-22(28)18-12-25-19-8-7-15(21(27)29-5)9-17(19)20(18)26-14-24(4)11-16(26)10-23(2,3)13-24/h7-9,12,16H,6,10-11,13-14H2,1-5H3/p+1. The molecule has 1 N–H and O–H groups in total. The number of carbonyl (C=O) groups excluding carboxylic acids is 2. The Morgan fingerprint density at radius 1 is 1.20 bits per heavy atom. The number of aromatic nitrogens is 1. The number of benzene rings is 1. The Labute approximate surface area is 177 Å². The van der Waals surface area contributed by atoms with Gasteiger partial charge < -0.3 is 14.4 Å². The highest BCUT2D eigenvalue weighted by atomic mass is 16.5. The molecule has 0 radical (unpaired) electrons. The van der Waals surface area contributed by atoms with E-state index in [1.807, 2.05) is 19.1 Å². The van der Waals surface area contributed by atoms with Gasteiger partial charge in [-0.05, 0) is 49.1 Å². The number of rotatable bonds is 4. The average Bonchev–Trinajstić information content (AvgIpc) is 2.94. The van der Waals surface area contributed by atoms with Crippen LogP contribution in [0.25, 0.3) is 10.9 Å². The molecule has 2 fully saturated rings. The van der Waals surface area contributed by atoms with Crippen molar-refractivity contribution in [3.63, 3.8) is 0 Å². The van der Waals surface area contributed by atoms with Crippen LogP contribution in [0.3, 0.4) is 0 Å². The van der Waals surface area contributed by atoms with Gasteiger partial charge in [-0.25, -0.2) is 14.6 Å². The highest BCUT2D eigenvalue weighted by Crippen LogP contribution is 2.54. The van der Waals surface area contributed by atoms with Gasteiger partial charge in [-0.2, -0.15) is 0 Å². The number of ether oxygens (including phenoxy) is 2. The molecule has 1 saturated carbocycles. The molecule has 0 amide bonds. The average molecular weight is 412 g/mol. The topological polar surface area (TPSA) is 70.0 Å². The van der Waals surface area contributed by atoms with Crippen molar-refractivity contribution in [2.24, 2.45) is 10.8 Å². The molecule has 30 heavy (non-hydrogen) atoms. The largest absolute Gasteiger partial charge is 0.465 e. The van der Waals surface area contributed by atoms with E-state index in [4.69, 9.17) is 9.47 Å². The van der Waals surface area contributed by atoms with Crippen LogP contribution in [0, 0.1) is 10.8 Å². The van der Waals surface area contributed by atoms with Gasteiger partial charge in [0.15, 0.2) is 6.20 Å². The lowest BCUT2D eigenvalue weighted by Gasteiger charge is -2.39. The summed E-state index contributed by atoms with van der Waals surface area (Å²) in [6, 6.07) is 5.78.